The van der Waals surface area contributed by atoms with Crippen molar-refractivity contribution in [3.63, 3.8) is 0 Å². The third-order valence-electron chi connectivity index (χ3n) is 1.89. The van der Waals surface area contributed by atoms with E-state index in [2.05, 4.69) is 10.2 Å². The van der Waals surface area contributed by atoms with E-state index in [1.165, 1.54) is 18.2 Å². The highest BCUT2D eigenvalue weighted by Gasteiger charge is 2.14. The number of rotatable bonds is 1. The summed E-state index contributed by atoms with van der Waals surface area (Å²) in [4.78, 5) is 10.7. The van der Waals surface area contributed by atoms with E-state index in [0.717, 1.165) is 0 Å². The van der Waals surface area contributed by atoms with E-state index >= 15 is 0 Å². The second-order valence-electron chi connectivity index (χ2n) is 2.87. The summed E-state index contributed by atoms with van der Waals surface area (Å²) in [7, 11) is 0. The fraction of sp³-hybridized carbons (Fsp3) is 0. The minimum absolute atomic E-state index is 0.0208. The van der Waals surface area contributed by atoms with Gasteiger partial charge in [-0.05, 0) is 12.1 Å². The van der Waals surface area contributed by atoms with Crippen LogP contribution >= 0.6 is 11.6 Å². The molecule has 5 nitrogen and oxygen atoms in total. The number of hydrogen-bond acceptors (Lipinski definition) is 4. The molecule has 15 heavy (non-hydrogen) atoms. The van der Waals surface area contributed by atoms with E-state index in [-0.39, 0.29) is 16.5 Å². The molecule has 0 atom stereocenters. The van der Waals surface area contributed by atoms with E-state index < -0.39 is 5.97 Å². The van der Waals surface area contributed by atoms with Crippen molar-refractivity contribution in [2.45, 2.75) is 0 Å². The summed E-state index contributed by atoms with van der Waals surface area (Å²) in [6.07, 6.45) is 0. The number of carbonyl (C=O) groups is 1. The summed E-state index contributed by atoms with van der Waals surface area (Å²) in [5.74, 6) is -1.21. The van der Waals surface area contributed by atoms with Gasteiger partial charge in [0.25, 0.3) is 0 Å². The highest BCUT2D eigenvalue weighted by molar-refractivity contribution is 6.37. The van der Waals surface area contributed by atoms with Crippen molar-refractivity contribution in [1.82, 2.24) is 10.2 Å². The number of phenolic OH excluding ortho intramolecular Hbond substituents is 1. The Morgan fingerprint density at radius 1 is 1.33 bits per heavy atom. The molecule has 0 bridgehead atoms. The van der Waals surface area contributed by atoms with Crippen LogP contribution in [0, 0.1) is 0 Å². The molecular formula is C9H5ClN2O3. The van der Waals surface area contributed by atoms with Crippen molar-refractivity contribution in [1.29, 1.82) is 0 Å². The second-order valence-corrected chi connectivity index (χ2v) is 3.25. The minimum atomic E-state index is -1.23. The van der Waals surface area contributed by atoms with Gasteiger partial charge in [-0.25, -0.2) is 4.79 Å². The van der Waals surface area contributed by atoms with Gasteiger partial charge < -0.3 is 10.2 Å². The van der Waals surface area contributed by atoms with Crippen molar-refractivity contribution in [3.05, 3.63) is 28.9 Å². The molecule has 0 radical (unpaired) electrons. The smallest absolute Gasteiger partial charge is 0.358 e. The minimum Gasteiger partial charge on any atom is -0.508 e. The Hall–Kier alpha value is -1.88. The summed E-state index contributed by atoms with van der Waals surface area (Å²) in [5.41, 5.74) is 0.0554. The highest BCUT2D eigenvalue weighted by Crippen LogP contribution is 2.26. The van der Waals surface area contributed by atoms with Crippen LogP contribution in [-0.4, -0.2) is 26.4 Å². The number of carboxylic acids is 1. The van der Waals surface area contributed by atoms with E-state index in [4.69, 9.17) is 16.7 Å². The molecule has 0 aliphatic carbocycles. The summed E-state index contributed by atoms with van der Waals surface area (Å²) in [6, 6.07) is 4.26. The first-order valence-corrected chi connectivity index (χ1v) is 4.35. The van der Waals surface area contributed by atoms with Crippen LogP contribution in [0.1, 0.15) is 10.5 Å². The molecule has 76 valence electrons. The average Bonchev–Trinajstić information content (AvgIpc) is 2.17. The quantitative estimate of drug-likeness (QED) is 0.770. The molecule has 2 aromatic rings. The maximum absolute atomic E-state index is 10.7. The van der Waals surface area contributed by atoms with Gasteiger partial charge in [0.05, 0.1) is 10.5 Å². The number of hydrogen-bond donors (Lipinski definition) is 2. The lowest BCUT2D eigenvalue weighted by molar-refractivity contribution is 0.0689. The zero-order valence-corrected chi connectivity index (χ0v) is 8.06. The maximum Gasteiger partial charge on any atom is 0.358 e. The predicted octanol–water partition coefficient (Wildman–Crippen LogP) is 1.69. The number of halogens is 1. The lowest BCUT2D eigenvalue weighted by Gasteiger charge is -2.01. The maximum atomic E-state index is 10.7. The van der Waals surface area contributed by atoms with Crippen molar-refractivity contribution in [3.8, 4) is 5.75 Å². The van der Waals surface area contributed by atoms with Gasteiger partial charge in [0.2, 0.25) is 0 Å². The van der Waals surface area contributed by atoms with Gasteiger partial charge in [-0.2, -0.15) is 0 Å². The SMILES string of the molecule is O=C(O)c1nnc2cc(O)ccc2c1Cl. The molecule has 0 saturated heterocycles. The van der Waals surface area contributed by atoms with Gasteiger partial charge in [0, 0.05) is 11.5 Å². The summed E-state index contributed by atoms with van der Waals surface area (Å²) in [6.45, 7) is 0. The first-order chi connectivity index (χ1) is 7.09. The van der Waals surface area contributed by atoms with Crippen molar-refractivity contribution < 1.29 is 15.0 Å². The van der Waals surface area contributed by atoms with Crippen LogP contribution in [0.25, 0.3) is 10.9 Å². The number of aromatic nitrogens is 2. The zero-order chi connectivity index (χ0) is 11.0. The van der Waals surface area contributed by atoms with Crippen molar-refractivity contribution in [2.75, 3.05) is 0 Å². The first-order valence-electron chi connectivity index (χ1n) is 3.98. The van der Waals surface area contributed by atoms with Crippen LogP contribution in [0.3, 0.4) is 0 Å². The second kappa shape index (κ2) is 3.36. The molecule has 0 unspecified atom stereocenters. The summed E-state index contributed by atoms with van der Waals surface area (Å²) < 4.78 is 0. The molecule has 1 heterocycles. The fourth-order valence-electron chi connectivity index (χ4n) is 1.20. The molecule has 0 fully saturated rings. The van der Waals surface area contributed by atoms with E-state index in [9.17, 15) is 9.90 Å². The molecule has 0 amide bonds. The van der Waals surface area contributed by atoms with E-state index in [0.29, 0.717) is 10.9 Å². The Labute approximate surface area is 88.9 Å². The number of aromatic hydroxyl groups is 1. The summed E-state index contributed by atoms with van der Waals surface area (Å²) in [5, 5.41) is 25.5. The molecule has 1 aromatic heterocycles. The standard InChI is InChI=1S/C9H5ClN2O3/c10-7-5-2-1-4(13)3-6(5)11-12-8(7)9(14)15/h1-3,13H,(H,14,15). The van der Waals surface area contributed by atoms with E-state index in [1.54, 1.807) is 0 Å². The van der Waals surface area contributed by atoms with Gasteiger partial charge in [0.15, 0.2) is 5.69 Å². The molecule has 2 N–H and O–H groups in total. The number of aromatic carboxylic acids is 1. The van der Waals surface area contributed by atoms with Crippen LogP contribution in [0.2, 0.25) is 5.02 Å². The third kappa shape index (κ3) is 1.57. The molecule has 6 heteroatoms. The third-order valence-corrected chi connectivity index (χ3v) is 2.27. The van der Waals surface area contributed by atoms with Gasteiger partial charge in [0.1, 0.15) is 5.75 Å². The number of phenols is 1. The topological polar surface area (TPSA) is 83.3 Å². The fourth-order valence-corrected chi connectivity index (χ4v) is 1.48. The summed E-state index contributed by atoms with van der Waals surface area (Å²) >= 11 is 5.82. The molecular weight excluding hydrogens is 220 g/mol. The Kier molecular flexibility index (Phi) is 2.17. The van der Waals surface area contributed by atoms with E-state index in [1.807, 2.05) is 0 Å². The van der Waals surface area contributed by atoms with Crippen LogP contribution < -0.4 is 0 Å². The zero-order valence-electron chi connectivity index (χ0n) is 7.31. The predicted molar refractivity (Wildman–Crippen MR) is 53.2 cm³/mol. The normalized spacial score (nSPS) is 10.5. The van der Waals surface area contributed by atoms with Gasteiger partial charge in [-0.1, -0.05) is 11.6 Å². The lowest BCUT2D eigenvalue weighted by atomic mass is 10.2. The molecule has 0 spiro atoms. The van der Waals surface area contributed by atoms with Gasteiger partial charge >= 0.3 is 5.97 Å². The van der Waals surface area contributed by atoms with Gasteiger partial charge in [-0.3, -0.25) is 0 Å². The van der Waals surface area contributed by atoms with Crippen LogP contribution in [-0.2, 0) is 0 Å². The number of benzene rings is 1. The molecule has 1 aromatic carbocycles. The molecule has 2 rings (SSSR count). The van der Waals surface area contributed by atoms with Crippen molar-refractivity contribution >= 4 is 28.5 Å². The highest BCUT2D eigenvalue weighted by atomic mass is 35.5. The largest absolute Gasteiger partial charge is 0.508 e. The average molecular weight is 225 g/mol. The van der Waals surface area contributed by atoms with Crippen LogP contribution in [0.15, 0.2) is 18.2 Å². The number of carboxylic acid groups (broad SMARTS) is 1. The van der Waals surface area contributed by atoms with Crippen LogP contribution in [0.5, 0.6) is 5.75 Å². The van der Waals surface area contributed by atoms with Crippen molar-refractivity contribution in [2.24, 2.45) is 0 Å². The number of nitrogens with zero attached hydrogens (tertiary/aromatic N) is 2. The lowest BCUT2D eigenvalue weighted by Crippen LogP contribution is -2.03. The Balaban J connectivity index is 2.80. The molecule has 0 aliphatic heterocycles. The Bertz CT molecular complexity index is 556. The van der Waals surface area contributed by atoms with Gasteiger partial charge in [-0.15, -0.1) is 10.2 Å². The van der Waals surface area contributed by atoms with Crippen LogP contribution in [0.4, 0.5) is 0 Å². The Morgan fingerprint density at radius 3 is 2.73 bits per heavy atom. The number of fused-ring (bicyclic) bond motifs is 1. The monoisotopic (exact) mass is 224 g/mol. The first kappa shape index (κ1) is 9.67. The molecule has 0 aliphatic rings. The molecule has 0 saturated carbocycles. The Morgan fingerprint density at radius 2 is 2.07 bits per heavy atom.